The molecule has 3 rings (SSSR count). The normalized spacial score (nSPS) is 15.0. The molecule has 0 spiro atoms. The third kappa shape index (κ3) is 3.67. The molecule has 4 nitrogen and oxygen atoms in total. The standard InChI is InChI=1S/C19H21NO3S/c1-23-19(22)17-16(11-12-24-17)20-18(21)15-9-7-14(8-10-15)13-5-3-2-4-6-13/h7-13H,2-6H2,1H3,(H,20,21). The molecule has 1 aliphatic rings. The minimum absolute atomic E-state index is 0.214. The number of anilines is 1. The molecule has 0 aliphatic heterocycles. The van der Waals surface area contributed by atoms with E-state index in [4.69, 9.17) is 4.74 Å². The fourth-order valence-corrected chi connectivity index (χ4v) is 3.96. The summed E-state index contributed by atoms with van der Waals surface area (Å²) in [6.45, 7) is 0. The fourth-order valence-electron chi connectivity index (χ4n) is 3.20. The van der Waals surface area contributed by atoms with Crippen LogP contribution in [0.15, 0.2) is 35.7 Å². The SMILES string of the molecule is COC(=O)c1sccc1NC(=O)c1ccc(C2CCCCC2)cc1. The Hall–Kier alpha value is -2.14. The van der Waals surface area contributed by atoms with Crippen molar-refractivity contribution < 1.29 is 14.3 Å². The molecule has 1 aromatic carbocycles. The van der Waals surface area contributed by atoms with Gasteiger partial charge in [0.05, 0.1) is 12.8 Å². The van der Waals surface area contributed by atoms with E-state index < -0.39 is 5.97 Å². The Morgan fingerprint density at radius 3 is 2.46 bits per heavy atom. The highest BCUT2D eigenvalue weighted by atomic mass is 32.1. The smallest absolute Gasteiger partial charge is 0.350 e. The van der Waals surface area contributed by atoms with Crippen LogP contribution in [-0.4, -0.2) is 19.0 Å². The van der Waals surface area contributed by atoms with E-state index >= 15 is 0 Å². The van der Waals surface area contributed by atoms with E-state index in [-0.39, 0.29) is 5.91 Å². The first kappa shape index (κ1) is 16.7. The summed E-state index contributed by atoms with van der Waals surface area (Å²) < 4.78 is 4.73. The Morgan fingerprint density at radius 2 is 1.79 bits per heavy atom. The van der Waals surface area contributed by atoms with Gasteiger partial charge in [0, 0.05) is 5.56 Å². The van der Waals surface area contributed by atoms with Crippen LogP contribution >= 0.6 is 11.3 Å². The molecule has 0 radical (unpaired) electrons. The number of amides is 1. The van der Waals surface area contributed by atoms with Crippen molar-refractivity contribution in [3.8, 4) is 0 Å². The van der Waals surface area contributed by atoms with Crippen molar-refractivity contribution >= 4 is 28.9 Å². The van der Waals surface area contributed by atoms with Crippen LogP contribution in [0.4, 0.5) is 5.69 Å². The number of benzene rings is 1. The molecule has 1 N–H and O–H groups in total. The summed E-state index contributed by atoms with van der Waals surface area (Å²) in [6, 6.07) is 9.55. The fraction of sp³-hybridized carbons (Fsp3) is 0.368. The van der Waals surface area contributed by atoms with Crippen molar-refractivity contribution in [1.29, 1.82) is 0 Å². The van der Waals surface area contributed by atoms with Crippen LogP contribution in [0.5, 0.6) is 0 Å². The van der Waals surface area contributed by atoms with E-state index in [1.165, 1.54) is 56.1 Å². The van der Waals surface area contributed by atoms with Gasteiger partial charge in [0.25, 0.3) is 5.91 Å². The van der Waals surface area contributed by atoms with Gasteiger partial charge in [-0.1, -0.05) is 31.4 Å². The molecule has 1 saturated carbocycles. The maximum atomic E-state index is 12.4. The summed E-state index contributed by atoms with van der Waals surface area (Å²) >= 11 is 1.25. The van der Waals surface area contributed by atoms with Gasteiger partial charge in [-0.2, -0.15) is 0 Å². The zero-order valence-corrected chi connectivity index (χ0v) is 14.5. The monoisotopic (exact) mass is 343 g/mol. The van der Waals surface area contributed by atoms with Gasteiger partial charge >= 0.3 is 5.97 Å². The quantitative estimate of drug-likeness (QED) is 0.809. The van der Waals surface area contributed by atoms with E-state index in [0.717, 1.165) is 0 Å². The molecule has 1 aliphatic carbocycles. The molecule has 5 heteroatoms. The first-order valence-corrected chi connectivity index (χ1v) is 9.14. The Morgan fingerprint density at radius 1 is 1.08 bits per heavy atom. The molecule has 1 aromatic heterocycles. The van der Waals surface area contributed by atoms with Crippen LogP contribution in [0, 0.1) is 0 Å². The lowest BCUT2D eigenvalue weighted by Crippen LogP contribution is -2.14. The summed E-state index contributed by atoms with van der Waals surface area (Å²) in [5, 5.41) is 4.55. The molecule has 2 aromatic rings. The van der Waals surface area contributed by atoms with Crippen molar-refractivity contribution in [2.45, 2.75) is 38.0 Å². The van der Waals surface area contributed by atoms with Crippen molar-refractivity contribution in [3.05, 3.63) is 51.7 Å². The lowest BCUT2D eigenvalue weighted by atomic mass is 9.84. The van der Waals surface area contributed by atoms with Crippen LogP contribution in [-0.2, 0) is 4.74 Å². The van der Waals surface area contributed by atoms with Crippen molar-refractivity contribution in [2.75, 3.05) is 12.4 Å². The van der Waals surface area contributed by atoms with Gasteiger partial charge in [0.1, 0.15) is 4.88 Å². The number of methoxy groups -OCH3 is 1. The van der Waals surface area contributed by atoms with Crippen molar-refractivity contribution in [3.63, 3.8) is 0 Å². The predicted molar refractivity (Wildman–Crippen MR) is 95.9 cm³/mol. The van der Waals surface area contributed by atoms with Crippen LogP contribution in [0.2, 0.25) is 0 Å². The van der Waals surface area contributed by atoms with Crippen LogP contribution in [0.1, 0.15) is 63.6 Å². The zero-order chi connectivity index (χ0) is 16.9. The molecule has 1 heterocycles. The predicted octanol–water partition coefficient (Wildman–Crippen LogP) is 4.83. The number of ether oxygens (including phenoxy) is 1. The number of hydrogen-bond acceptors (Lipinski definition) is 4. The largest absolute Gasteiger partial charge is 0.465 e. The van der Waals surface area contributed by atoms with Gasteiger partial charge in [-0.3, -0.25) is 4.79 Å². The van der Waals surface area contributed by atoms with Crippen LogP contribution in [0.25, 0.3) is 0 Å². The van der Waals surface area contributed by atoms with E-state index in [2.05, 4.69) is 17.4 Å². The Balaban J connectivity index is 1.69. The number of carbonyl (C=O) groups is 2. The molecule has 24 heavy (non-hydrogen) atoms. The van der Waals surface area contributed by atoms with Gasteiger partial charge in [-0.25, -0.2) is 4.79 Å². The van der Waals surface area contributed by atoms with Gasteiger partial charge in [0.15, 0.2) is 0 Å². The van der Waals surface area contributed by atoms with E-state index in [1.807, 2.05) is 12.1 Å². The highest BCUT2D eigenvalue weighted by Gasteiger charge is 2.18. The number of rotatable bonds is 4. The second-order valence-corrected chi connectivity index (χ2v) is 6.98. The minimum atomic E-state index is -0.437. The highest BCUT2D eigenvalue weighted by molar-refractivity contribution is 7.12. The summed E-state index contributed by atoms with van der Waals surface area (Å²) in [5.41, 5.74) is 2.40. The second-order valence-electron chi connectivity index (χ2n) is 6.07. The lowest BCUT2D eigenvalue weighted by Gasteiger charge is -2.22. The van der Waals surface area contributed by atoms with Crippen molar-refractivity contribution in [2.24, 2.45) is 0 Å². The van der Waals surface area contributed by atoms with E-state index in [9.17, 15) is 9.59 Å². The zero-order valence-electron chi connectivity index (χ0n) is 13.7. The van der Waals surface area contributed by atoms with Crippen LogP contribution in [0.3, 0.4) is 0 Å². The third-order valence-corrected chi connectivity index (χ3v) is 5.43. The first-order chi connectivity index (χ1) is 11.7. The van der Waals surface area contributed by atoms with Crippen LogP contribution < -0.4 is 5.32 Å². The van der Waals surface area contributed by atoms with E-state index in [0.29, 0.717) is 22.0 Å². The topological polar surface area (TPSA) is 55.4 Å². The molecule has 126 valence electrons. The molecule has 1 amide bonds. The molecule has 0 bridgehead atoms. The van der Waals surface area contributed by atoms with Gasteiger partial charge < -0.3 is 10.1 Å². The molecule has 0 unspecified atom stereocenters. The minimum Gasteiger partial charge on any atom is -0.465 e. The summed E-state index contributed by atoms with van der Waals surface area (Å²) in [5.74, 6) is -0.0274. The maximum absolute atomic E-state index is 12.4. The average Bonchev–Trinajstić information content (AvgIpc) is 3.10. The number of esters is 1. The molecular weight excluding hydrogens is 322 g/mol. The maximum Gasteiger partial charge on any atom is 0.350 e. The summed E-state index contributed by atoms with van der Waals surface area (Å²) in [4.78, 5) is 24.5. The second kappa shape index (κ2) is 7.62. The molecule has 0 atom stereocenters. The summed E-state index contributed by atoms with van der Waals surface area (Å²) in [6.07, 6.45) is 6.40. The average molecular weight is 343 g/mol. The van der Waals surface area contributed by atoms with Crippen molar-refractivity contribution in [1.82, 2.24) is 0 Å². The van der Waals surface area contributed by atoms with Gasteiger partial charge in [-0.15, -0.1) is 11.3 Å². The number of thiophene rings is 1. The number of hydrogen-bond donors (Lipinski definition) is 1. The molecule has 1 fully saturated rings. The first-order valence-electron chi connectivity index (χ1n) is 8.26. The highest BCUT2D eigenvalue weighted by Crippen LogP contribution is 2.32. The summed E-state index contributed by atoms with van der Waals surface area (Å²) in [7, 11) is 1.33. The lowest BCUT2D eigenvalue weighted by molar-refractivity contribution is 0.0607. The van der Waals surface area contributed by atoms with E-state index in [1.54, 1.807) is 11.4 Å². The molecular formula is C19H21NO3S. The number of carbonyl (C=O) groups excluding carboxylic acids is 2. The van der Waals surface area contributed by atoms with Gasteiger partial charge in [-0.05, 0) is 47.9 Å². The third-order valence-electron chi connectivity index (χ3n) is 4.53. The van der Waals surface area contributed by atoms with Gasteiger partial charge in [0.2, 0.25) is 0 Å². The Bertz CT molecular complexity index is 714. The Kier molecular flexibility index (Phi) is 5.30. The Labute approximate surface area is 145 Å². The number of nitrogens with one attached hydrogen (secondary N) is 1. The molecule has 0 saturated heterocycles.